The Morgan fingerprint density at radius 3 is 3.00 bits per heavy atom. The number of morpholine rings is 1. The van der Waals surface area contributed by atoms with Gasteiger partial charge in [-0.25, -0.2) is 4.98 Å². The summed E-state index contributed by atoms with van der Waals surface area (Å²) in [6.07, 6.45) is 4.11. The Labute approximate surface area is 111 Å². The maximum absolute atomic E-state index is 8.83. The van der Waals surface area contributed by atoms with E-state index in [-0.39, 0.29) is 0 Å². The summed E-state index contributed by atoms with van der Waals surface area (Å²) in [5, 5.41) is 9.39. The van der Waals surface area contributed by atoms with E-state index in [4.69, 9.17) is 21.6 Å². The van der Waals surface area contributed by atoms with Gasteiger partial charge in [0.15, 0.2) is 0 Å². The molecule has 1 saturated carbocycles. The first kappa shape index (κ1) is 11.8. The minimum atomic E-state index is 0.386. The normalized spacial score (nSPS) is 23.8. The van der Waals surface area contributed by atoms with Crippen molar-refractivity contribution in [2.24, 2.45) is 5.92 Å². The van der Waals surface area contributed by atoms with Gasteiger partial charge in [0.1, 0.15) is 11.9 Å². The molecule has 1 atom stereocenters. The van der Waals surface area contributed by atoms with E-state index in [1.165, 1.54) is 12.8 Å². The third-order valence-electron chi connectivity index (χ3n) is 3.55. The average molecular weight is 264 g/mol. The van der Waals surface area contributed by atoms with Crippen LogP contribution in [0.4, 0.5) is 5.82 Å². The second kappa shape index (κ2) is 4.75. The van der Waals surface area contributed by atoms with E-state index in [0.29, 0.717) is 29.2 Å². The van der Waals surface area contributed by atoms with E-state index in [9.17, 15) is 0 Å². The van der Waals surface area contributed by atoms with Crippen molar-refractivity contribution in [3.8, 4) is 6.07 Å². The van der Waals surface area contributed by atoms with Gasteiger partial charge in [-0.2, -0.15) is 5.26 Å². The molecule has 0 bridgehead atoms. The van der Waals surface area contributed by atoms with E-state index < -0.39 is 0 Å². The summed E-state index contributed by atoms with van der Waals surface area (Å²) in [7, 11) is 0. The molecule has 1 unspecified atom stereocenters. The lowest BCUT2D eigenvalue weighted by Gasteiger charge is -2.37. The van der Waals surface area contributed by atoms with Gasteiger partial charge in [0.25, 0.3) is 0 Å². The Morgan fingerprint density at radius 2 is 2.33 bits per heavy atom. The molecule has 1 aliphatic heterocycles. The summed E-state index contributed by atoms with van der Waals surface area (Å²) in [6, 6.07) is 4.12. The summed E-state index contributed by atoms with van der Waals surface area (Å²) in [5.74, 6) is 1.50. The molecule has 18 heavy (non-hydrogen) atoms. The number of nitrogens with zero attached hydrogens (tertiary/aromatic N) is 3. The lowest BCUT2D eigenvalue weighted by Crippen LogP contribution is -2.47. The number of pyridine rings is 1. The van der Waals surface area contributed by atoms with E-state index >= 15 is 0 Å². The van der Waals surface area contributed by atoms with Gasteiger partial charge < -0.3 is 9.64 Å². The van der Waals surface area contributed by atoms with Crippen molar-refractivity contribution in [2.45, 2.75) is 18.9 Å². The van der Waals surface area contributed by atoms with Gasteiger partial charge in [-0.3, -0.25) is 0 Å². The maximum atomic E-state index is 8.83. The van der Waals surface area contributed by atoms with Crippen molar-refractivity contribution in [2.75, 3.05) is 24.7 Å². The highest BCUT2D eigenvalue weighted by atomic mass is 35.5. The largest absolute Gasteiger partial charge is 0.377 e. The second-order valence-corrected chi connectivity index (χ2v) is 5.22. The van der Waals surface area contributed by atoms with Gasteiger partial charge in [0, 0.05) is 12.7 Å². The Hall–Kier alpha value is -1.31. The molecule has 2 fully saturated rings. The quantitative estimate of drug-likeness (QED) is 0.821. The number of nitriles is 1. The molecule has 1 aromatic heterocycles. The number of hydrogen-bond acceptors (Lipinski definition) is 4. The van der Waals surface area contributed by atoms with E-state index in [2.05, 4.69) is 16.0 Å². The molecule has 0 amide bonds. The molecular formula is C13H14ClN3O. The van der Waals surface area contributed by atoms with Crippen LogP contribution in [0.2, 0.25) is 5.02 Å². The number of halogens is 1. The zero-order valence-electron chi connectivity index (χ0n) is 9.97. The fourth-order valence-electron chi connectivity index (χ4n) is 2.46. The van der Waals surface area contributed by atoms with E-state index in [1.807, 2.05) is 0 Å². The summed E-state index contributed by atoms with van der Waals surface area (Å²) in [4.78, 5) is 6.59. The van der Waals surface area contributed by atoms with Crippen molar-refractivity contribution in [3.05, 3.63) is 22.8 Å². The maximum Gasteiger partial charge on any atom is 0.147 e. The van der Waals surface area contributed by atoms with Crippen molar-refractivity contribution in [1.82, 2.24) is 4.98 Å². The predicted octanol–water partition coefficient (Wildman–Crippen LogP) is 2.22. The molecule has 0 spiro atoms. The van der Waals surface area contributed by atoms with Crippen LogP contribution in [0.15, 0.2) is 12.3 Å². The molecule has 5 heteroatoms. The molecule has 2 aliphatic rings. The highest BCUT2D eigenvalue weighted by Gasteiger charge is 2.38. The molecule has 1 saturated heterocycles. The fourth-order valence-corrected chi connectivity index (χ4v) is 2.74. The SMILES string of the molecule is N#Cc1cnc(N2CCOCC2C2CC2)c(Cl)c1. The van der Waals surface area contributed by atoms with Crippen LogP contribution >= 0.6 is 11.6 Å². The molecule has 1 aromatic rings. The molecular weight excluding hydrogens is 250 g/mol. The summed E-state index contributed by atoms with van der Waals surface area (Å²) in [6.45, 7) is 2.28. The first-order valence-corrected chi connectivity index (χ1v) is 6.57. The van der Waals surface area contributed by atoms with Crippen molar-refractivity contribution in [3.63, 3.8) is 0 Å². The highest BCUT2D eigenvalue weighted by Crippen LogP contribution is 2.39. The molecule has 1 aliphatic carbocycles. The zero-order valence-corrected chi connectivity index (χ0v) is 10.7. The van der Waals surface area contributed by atoms with Gasteiger partial charge in [-0.05, 0) is 24.8 Å². The minimum Gasteiger partial charge on any atom is -0.377 e. The van der Waals surface area contributed by atoms with Crippen LogP contribution in [-0.2, 0) is 4.74 Å². The predicted molar refractivity (Wildman–Crippen MR) is 68.6 cm³/mol. The lowest BCUT2D eigenvalue weighted by molar-refractivity contribution is 0.0874. The average Bonchev–Trinajstić information content (AvgIpc) is 3.23. The molecule has 0 radical (unpaired) electrons. The Bertz CT molecular complexity index is 495. The zero-order chi connectivity index (χ0) is 12.5. The summed E-state index contributed by atoms with van der Waals surface area (Å²) >= 11 is 6.24. The first-order chi connectivity index (χ1) is 8.79. The van der Waals surface area contributed by atoms with Crippen molar-refractivity contribution >= 4 is 17.4 Å². The topological polar surface area (TPSA) is 49.2 Å². The van der Waals surface area contributed by atoms with Crippen LogP contribution in [0.1, 0.15) is 18.4 Å². The van der Waals surface area contributed by atoms with Crippen LogP contribution in [0, 0.1) is 17.2 Å². The number of aromatic nitrogens is 1. The Kier molecular flexibility index (Phi) is 3.11. The van der Waals surface area contributed by atoms with Gasteiger partial charge in [-0.1, -0.05) is 11.6 Å². The third kappa shape index (κ3) is 2.16. The molecule has 94 valence electrons. The number of ether oxygens (including phenoxy) is 1. The van der Waals surface area contributed by atoms with E-state index in [0.717, 1.165) is 19.0 Å². The van der Waals surface area contributed by atoms with Crippen LogP contribution in [0.3, 0.4) is 0 Å². The monoisotopic (exact) mass is 263 g/mol. The fraction of sp³-hybridized carbons (Fsp3) is 0.538. The first-order valence-electron chi connectivity index (χ1n) is 6.19. The van der Waals surface area contributed by atoms with E-state index in [1.54, 1.807) is 12.3 Å². The van der Waals surface area contributed by atoms with Gasteiger partial charge in [-0.15, -0.1) is 0 Å². The third-order valence-corrected chi connectivity index (χ3v) is 3.83. The number of hydrogen-bond donors (Lipinski definition) is 0. The van der Waals surface area contributed by atoms with Crippen LogP contribution < -0.4 is 4.90 Å². The number of anilines is 1. The minimum absolute atomic E-state index is 0.386. The number of rotatable bonds is 2. The summed E-state index contributed by atoms with van der Waals surface area (Å²) < 4.78 is 5.56. The lowest BCUT2D eigenvalue weighted by atomic mass is 10.1. The van der Waals surface area contributed by atoms with Crippen LogP contribution in [0.25, 0.3) is 0 Å². The van der Waals surface area contributed by atoms with Gasteiger partial charge in [0.05, 0.1) is 29.8 Å². The smallest absolute Gasteiger partial charge is 0.147 e. The molecule has 4 nitrogen and oxygen atoms in total. The van der Waals surface area contributed by atoms with Crippen molar-refractivity contribution < 1.29 is 4.74 Å². The molecule has 0 N–H and O–H groups in total. The van der Waals surface area contributed by atoms with Crippen LogP contribution in [-0.4, -0.2) is 30.8 Å². The Balaban J connectivity index is 1.90. The Morgan fingerprint density at radius 1 is 1.50 bits per heavy atom. The standard InChI is InChI=1S/C13H14ClN3O/c14-11-5-9(6-15)7-16-13(11)17-3-4-18-8-12(17)10-1-2-10/h5,7,10,12H,1-4,8H2. The summed E-state index contributed by atoms with van der Waals surface area (Å²) in [5.41, 5.74) is 0.500. The van der Waals surface area contributed by atoms with Crippen LogP contribution in [0.5, 0.6) is 0 Å². The van der Waals surface area contributed by atoms with Gasteiger partial charge in [0.2, 0.25) is 0 Å². The molecule has 0 aromatic carbocycles. The highest BCUT2D eigenvalue weighted by molar-refractivity contribution is 6.33. The van der Waals surface area contributed by atoms with Gasteiger partial charge >= 0.3 is 0 Å². The van der Waals surface area contributed by atoms with Crippen molar-refractivity contribution in [1.29, 1.82) is 5.26 Å². The molecule has 2 heterocycles. The second-order valence-electron chi connectivity index (χ2n) is 4.81. The molecule has 3 rings (SSSR count).